The van der Waals surface area contributed by atoms with Gasteiger partial charge in [0, 0.05) is 6.04 Å². The first kappa shape index (κ1) is 86.6. The van der Waals surface area contributed by atoms with Gasteiger partial charge in [-0.2, -0.15) is 30.8 Å². The lowest BCUT2D eigenvalue weighted by molar-refractivity contribution is 0.0692. The van der Waals surface area contributed by atoms with Gasteiger partial charge in [-0.3, -0.25) is 39.9 Å². The molecule has 16 rings (SSSR count). The van der Waals surface area contributed by atoms with Gasteiger partial charge in [-0.15, -0.1) is 0 Å². The highest BCUT2D eigenvalue weighted by Crippen LogP contribution is 2.38. The van der Waals surface area contributed by atoms with Gasteiger partial charge in [0.05, 0.1) is 153 Å². The molecule has 1 fully saturated rings. The summed E-state index contributed by atoms with van der Waals surface area (Å²) in [6.45, 7) is 3.70. The average Bonchev–Trinajstić information content (AvgIpc) is 1.71. The van der Waals surface area contributed by atoms with Crippen molar-refractivity contribution in [2.45, 2.75) is 38.8 Å². The summed E-state index contributed by atoms with van der Waals surface area (Å²) in [6, 6.07) is 49.8. The molecule has 624 valence electrons. The second-order valence-corrected chi connectivity index (χ2v) is 27.9. The highest BCUT2D eigenvalue weighted by Gasteiger charge is 2.28. The van der Waals surface area contributed by atoms with Crippen LogP contribution >= 0.6 is 0 Å². The maximum atomic E-state index is 13.4. The minimum atomic E-state index is -1.08. The molecule has 0 spiro atoms. The lowest BCUT2D eigenvalue weighted by Gasteiger charge is -2.20. The number of carbonyl (C=O) groups is 4. The Bertz CT molecular complexity index is 6460. The molecule has 0 bridgehead atoms. The molecule has 1 saturated carbocycles. The number of aromatic carboxylic acids is 1. The average molecular weight is 1670 g/mol. The van der Waals surface area contributed by atoms with E-state index in [1.165, 1.54) is 102 Å². The van der Waals surface area contributed by atoms with E-state index in [0.717, 1.165) is 40.3 Å². The number of H-pyrrole nitrogens is 5. The van der Waals surface area contributed by atoms with Crippen molar-refractivity contribution in [1.29, 1.82) is 5.26 Å². The number of carbonyl (C=O) groups excluding carboxylic acids is 3. The van der Waals surface area contributed by atoms with E-state index in [9.17, 15) is 51.3 Å². The number of methoxy groups -OCH3 is 5. The number of hydrogen-bond acceptors (Lipinski definition) is 16. The number of hydrogen-bond donors (Lipinski definition) is 10. The van der Waals surface area contributed by atoms with Crippen molar-refractivity contribution in [3.05, 3.63) is 295 Å². The molecule has 0 aliphatic heterocycles. The van der Waals surface area contributed by atoms with Crippen molar-refractivity contribution in [3.63, 3.8) is 0 Å². The summed E-state index contributed by atoms with van der Waals surface area (Å²) >= 11 is 0. The standard InChI is InChI=1S/C22H24FN3O3.C20H18FN3O2.C17H14FN3O2.C17H12FN3O.C17H13FN2O3/c1-13(2)19(12-27)24-22(28)16-8-10-18-20(21(16)29-3)17(25-26-18)9-7-14-5-4-6-15(23)11-14;1-26-19-15(20(25)22-14-6-7-14)8-10-17-18(19)16(23-24-17)9-5-12-3-2-4-13(21)11-12;1-23-16-12(17(19)22)6-8-14-15(16)13(20-21-14)7-5-10-3-2-4-11(18)9-10;1-22-17-12(10-19)6-8-15-16(17)14(20-21-15)7-5-11-3-2-4-13(18)9-11;1-23-16-12(17(21)22)6-8-14-15(16)13(19-20-14)7-5-10-3-2-4-11(18)9-10/h4-11,13,19,27H,12H2,1-3H3,(H,24,28)(H,25,26);2-5,8-11,14H,6-7H2,1H3,(H,22,25)(H,23,24);2-9H,1H3,(H2,19,22)(H,20,21);2-9H,1H3,(H,20,21);2-9H,1H3,(H,19,20)(H,21,22)/b9-7+;9-5+;3*7-5+/t19-;;;;/m1..../s1. The van der Waals surface area contributed by atoms with Crippen LogP contribution in [0.1, 0.15) is 130 Å². The zero-order chi connectivity index (χ0) is 87.4. The third kappa shape index (κ3) is 21.0. The number of nitrogens with zero attached hydrogens (tertiary/aromatic N) is 6. The molecule has 30 heteroatoms. The first-order valence-electron chi connectivity index (χ1n) is 38.1. The fraction of sp³-hybridized carbons (Fsp3) is 0.140. The summed E-state index contributed by atoms with van der Waals surface area (Å²) < 4.78 is 93.4. The summed E-state index contributed by atoms with van der Waals surface area (Å²) in [5.74, 6) is -1.65. The number of aromatic amines is 5. The lowest BCUT2D eigenvalue weighted by atomic mass is 10.0. The zero-order valence-electron chi connectivity index (χ0n) is 67.2. The van der Waals surface area contributed by atoms with Crippen molar-refractivity contribution in [2.24, 2.45) is 11.7 Å². The smallest absolute Gasteiger partial charge is 0.339 e. The first-order valence-corrected chi connectivity index (χ1v) is 38.1. The molecule has 15 aromatic rings. The van der Waals surface area contributed by atoms with Gasteiger partial charge < -0.3 is 50.3 Å². The molecule has 3 amide bonds. The van der Waals surface area contributed by atoms with Crippen LogP contribution in [0, 0.1) is 46.3 Å². The van der Waals surface area contributed by atoms with Crippen molar-refractivity contribution in [1.82, 2.24) is 61.6 Å². The van der Waals surface area contributed by atoms with Gasteiger partial charge >= 0.3 is 5.97 Å². The lowest BCUT2D eigenvalue weighted by Crippen LogP contribution is -2.41. The highest BCUT2D eigenvalue weighted by atomic mass is 19.1. The Morgan fingerprint density at radius 2 is 0.789 bits per heavy atom. The molecule has 1 atom stereocenters. The molecule has 0 saturated heterocycles. The SMILES string of the molecule is COc1c(C#N)ccc2[nH]nc(/C=C/c3cccc(F)c3)c12.COc1c(C(=O)NC2CC2)ccc2n[nH]c(/C=C/c3cccc(F)c3)c12.COc1c(C(=O)N[C@H](CO)C(C)C)ccc2n[nH]c(/C=C/c3cccc(F)c3)c12.COc1c(C(=O)O)ccc2n[nH]c(/C=C/c3cccc(F)c3)c12.COc1c(C(N)=O)ccc2n[nH]c(/C=C/c3cccc(F)c3)c12. The minimum Gasteiger partial charge on any atom is -0.495 e. The summed E-state index contributed by atoms with van der Waals surface area (Å²) in [5, 5.41) is 72.6. The normalized spacial score (nSPS) is 12.1. The molecule has 5 aromatic heterocycles. The van der Waals surface area contributed by atoms with Crippen LogP contribution in [0.4, 0.5) is 22.0 Å². The van der Waals surface area contributed by atoms with Gasteiger partial charge in [0.25, 0.3) is 17.7 Å². The Morgan fingerprint density at radius 3 is 1.11 bits per heavy atom. The van der Waals surface area contributed by atoms with Crippen LogP contribution in [0.2, 0.25) is 0 Å². The third-order valence-electron chi connectivity index (χ3n) is 19.3. The number of rotatable bonds is 23. The third-order valence-corrected chi connectivity index (χ3v) is 19.3. The maximum absolute atomic E-state index is 13.4. The number of primary amides is 1. The van der Waals surface area contributed by atoms with Crippen molar-refractivity contribution < 1.29 is 75.0 Å². The Hall–Kier alpha value is -15.8. The number of aliphatic hydroxyl groups excluding tert-OH is 1. The summed E-state index contributed by atoms with van der Waals surface area (Å²) in [5.41, 5.74) is 17.1. The van der Waals surface area contributed by atoms with Crippen LogP contribution in [-0.4, -0.2) is 139 Å². The molecule has 11 N–H and O–H groups in total. The van der Waals surface area contributed by atoms with Crippen molar-refractivity contribution >= 4 is 139 Å². The predicted molar refractivity (Wildman–Crippen MR) is 464 cm³/mol. The van der Waals surface area contributed by atoms with E-state index in [2.05, 4.69) is 67.7 Å². The van der Waals surface area contributed by atoms with E-state index >= 15 is 0 Å². The number of carboxylic acids is 1. The molecule has 1 aliphatic rings. The second kappa shape index (κ2) is 40.1. The number of amides is 3. The highest BCUT2D eigenvalue weighted by molar-refractivity contribution is 6.09. The summed E-state index contributed by atoms with van der Waals surface area (Å²) in [4.78, 5) is 48.1. The van der Waals surface area contributed by atoms with Crippen molar-refractivity contribution in [3.8, 4) is 34.8 Å². The number of benzene rings is 10. The topological polar surface area (TPSA) is 372 Å². The number of nitrogens with one attached hydrogen (secondary N) is 7. The largest absolute Gasteiger partial charge is 0.495 e. The molecule has 1 aliphatic carbocycles. The van der Waals surface area contributed by atoms with Gasteiger partial charge in [-0.25, -0.2) is 26.7 Å². The fourth-order valence-corrected chi connectivity index (χ4v) is 13.1. The van der Waals surface area contributed by atoms with Gasteiger partial charge in [-0.1, -0.05) is 105 Å². The number of nitriles is 1. The minimum absolute atomic E-state index is 0.0572. The fourth-order valence-electron chi connectivity index (χ4n) is 13.1. The number of halogens is 5. The van der Waals surface area contributed by atoms with Crippen LogP contribution in [0.3, 0.4) is 0 Å². The summed E-state index contributed by atoms with van der Waals surface area (Å²) in [6.07, 6.45) is 19.6. The van der Waals surface area contributed by atoms with E-state index < -0.39 is 11.9 Å². The first-order chi connectivity index (χ1) is 59.5. The van der Waals surface area contributed by atoms with E-state index in [4.69, 9.17) is 34.7 Å². The molecule has 0 radical (unpaired) electrons. The number of ether oxygens (including phenoxy) is 5. The Labute approximate surface area is 700 Å². The molecular weight excluding hydrogens is 1580 g/mol. The van der Waals surface area contributed by atoms with Gasteiger partial charge in [-0.05, 0) is 198 Å². The van der Waals surface area contributed by atoms with E-state index in [-0.39, 0.29) is 82.4 Å². The number of fused-ring (bicyclic) bond motifs is 5. The van der Waals surface area contributed by atoms with Gasteiger partial charge in [0.1, 0.15) is 69.5 Å². The molecular formula is C93H81F5N14O11. The molecule has 10 aromatic carbocycles. The van der Waals surface area contributed by atoms with E-state index in [1.54, 1.807) is 170 Å². The monoisotopic (exact) mass is 1660 g/mol. The van der Waals surface area contributed by atoms with Crippen LogP contribution in [0.25, 0.3) is 115 Å². The molecule has 25 nitrogen and oxygen atoms in total. The van der Waals surface area contributed by atoms with Crippen molar-refractivity contribution in [2.75, 3.05) is 42.2 Å². The molecule has 123 heavy (non-hydrogen) atoms. The summed E-state index contributed by atoms with van der Waals surface area (Å²) in [7, 11) is 7.42. The van der Waals surface area contributed by atoms with E-state index in [1.807, 2.05) is 19.9 Å². The molecule has 5 heterocycles. The van der Waals surface area contributed by atoms with Crippen LogP contribution < -0.4 is 40.1 Å². The predicted octanol–water partition coefficient (Wildman–Crippen LogP) is 17.7. The Kier molecular flexibility index (Phi) is 28.2. The van der Waals surface area contributed by atoms with Crippen LogP contribution in [0.15, 0.2) is 182 Å². The Balaban J connectivity index is 0.000000141. The number of aliphatic hydroxyl groups is 1. The quantitative estimate of drug-likeness (QED) is 0.0266. The molecule has 0 unspecified atom stereocenters. The number of nitrogens with two attached hydrogens (primary N) is 1. The Morgan fingerprint density at radius 1 is 0.447 bits per heavy atom. The zero-order valence-corrected chi connectivity index (χ0v) is 67.2. The second-order valence-electron chi connectivity index (χ2n) is 27.9. The van der Waals surface area contributed by atoms with Gasteiger partial charge in [0.2, 0.25) is 0 Å². The van der Waals surface area contributed by atoms with E-state index in [0.29, 0.717) is 123 Å². The maximum Gasteiger partial charge on any atom is 0.339 e. The van der Waals surface area contributed by atoms with Crippen LogP contribution in [-0.2, 0) is 0 Å². The number of aromatic nitrogens is 10. The van der Waals surface area contributed by atoms with Crippen LogP contribution in [0.5, 0.6) is 28.7 Å². The van der Waals surface area contributed by atoms with Gasteiger partial charge in [0.15, 0.2) is 0 Å². The number of carboxylic acid groups (broad SMARTS) is 1.